The molecule has 0 unspecified atom stereocenters. The van der Waals surface area contributed by atoms with Gasteiger partial charge in [-0.25, -0.2) is 4.79 Å². The highest BCUT2D eigenvalue weighted by molar-refractivity contribution is 7.98. The zero-order valence-electron chi connectivity index (χ0n) is 18.2. The molecule has 0 heterocycles. The van der Waals surface area contributed by atoms with Crippen molar-refractivity contribution in [3.8, 4) is 0 Å². The Balaban J connectivity index is 2.05. The SMILES string of the molecule is CSCC[C@@H](NC(=O)c1cccc(C)c1)C(=O)OCC(=O)c1cc(C)c(C)cc1C. The molecule has 0 aliphatic carbocycles. The van der Waals surface area contributed by atoms with E-state index < -0.39 is 12.0 Å². The Morgan fingerprint density at radius 2 is 1.70 bits per heavy atom. The standard InChI is InChI=1S/C24H29NO4S/c1-15-7-6-8-19(11-15)23(27)25-21(9-10-30-5)24(28)29-14-22(26)20-13-17(3)16(2)12-18(20)4/h6-8,11-13,21H,9-10,14H2,1-5H3,(H,25,27)/t21-/m1/s1. The van der Waals surface area contributed by atoms with Gasteiger partial charge in [0.15, 0.2) is 6.61 Å². The summed E-state index contributed by atoms with van der Waals surface area (Å²) in [7, 11) is 0. The van der Waals surface area contributed by atoms with Crippen LogP contribution in [-0.4, -0.2) is 42.3 Å². The Hall–Kier alpha value is -2.60. The Morgan fingerprint density at radius 3 is 2.37 bits per heavy atom. The first-order valence-electron chi connectivity index (χ1n) is 9.87. The molecule has 0 aromatic heterocycles. The number of ether oxygens (including phenoxy) is 1. The number of Topliss-reactive ketones (excluding diaryl/α,β-unsaturated/α-hetero) is 1. The Bertz CT molecular complexity index is 939. The number of aryl methyl sites for hydroxylation is 4. The molecule has 0 radical (unpaired) electrons. The van der Waals surface area contributed by atoms with Gasteiger partial charge in [0.1, 0.15) is 6.04 Å². The highest BCUT2D eigenvalue weighted by Gasteiger charge is 2.24. The monoisotopic (exact) mass is 427 g/mol. The molecule has 5 nitrogen and oxygen atoms in total. The normalized spacial score (nSPS) is 11.6. The molecule has 30 heavy (non-hydrogen) atoms. The molecule has 0 bridgehead atoms. The molecule has 0 saturated carbocycles. The van der Waals surface area contributed by atoms with Gasteiger partial charge in [-0.2, -0.15) is 11.8 Å². The first kappa shape index (κ1) is 23.7. The summed E-state index contributed by atoms with van der Waals surface area (Å²) in [4.78, 5) is 37.8. The number of nitrogens with one attached hydrogen (secondary N) is 1. The molecule has 0 spiro atoms. The number of ketones is 1. The smallest absolute Gasteiger partial charge is 0.329 e. The number of amides is 1. The van der Waals surface area contributed by atoms with Crippen molar-refractivity contribution in [2.45, 2.75) is 40.2 Å². The molecule has 2 aromatic carbocycles. The van der Waals surface area contributed by atoms with Crippen molar-refractivity contribution in [2.24, 2.45) is 0 Å². The van der Waals surface area contributed by atoms with E-state index in [1.165, 1.54) is 0 Å². The van der Waals surface area contributed by atoms with E-state index in [1.807, 2.05) is 52.1 Å². The Labute approximate surface area is 182 Å². The van der Waals surface area contributed by atoms with Crippen molar-refractivity contribution < 1.29 is 19.1 Å². The predicted octanol–water partition coefficient (Wildman–Crippen LogP) is 4.20. The van der Waals surface area contributed by atoms with Gasteiger partial charge in [0.25, 0.3) is 5.91 Å². The third kappa shape index (κ3) is 6.46. The summed E-state index contributed by atoms with van der Waals surface area (Å²) in [5.41, 5.74) is 4.97. The molecular formula is C24H29NO4S. The van der Waals surface area contributed by atoms with Crippen LogP contribution in [0.5, 0.6) is 0 Å². The van der Waals surface area contributed by atoms with Gasteiger partial charge in [-0.15, -0.1) is 0 Å². The fourth-order valence-electron chi connectivity index (χ4n) is 3.09. The number of carbonyl (C=O) groups is 3. The molecular weight excluding hydrogens is 398 g/mol. The molecule has 160 valence electrons. The van der Waals surface area contributed by atoms with Gasteiger partial charge in [0.05, 0.1) is 0 Å². The van der Waals surface area contributed by atoms with Crippen LogP contribution in [0.1, 0.15) is 49.4 Å². The van der Waals surface area contributed by atoms with Gasteiger partial charge >= 0.3 is 5.97 Å². The summed E-state index contributed by atoms with van der Waals surface area (Å²) < 4.78 is 5.29. The van der Waals surface area contributed by atoms with Gasteiger partial charge in [-0.1, -0.05) is 23.8 Å². The summed E-state index contributed by atoms with van der Waals surface area (Å²) in [5.74, 6) is -0.506. The zero-order chi connectivity index (χ0) is 22.3. The van der Waals surface area contributed by atoms with E-state index >= 15 is 0 Å². The average molecular weight is 428 g/mol. The van der Waals surface area contributed by atoms with Crippen molar-refractivity contribution in [1.29, 1.82) is 0 Å². The van der Waals surface area contributed by atoms with Gasteiger partial charge in [-0.3, -0.25) is 9.59 Å². The second-order valence-electron chi connectivity index (χ2n) is 7.46. The summed E-state index contributed by atoms with van der Waals surface area (Å²) in [6, 6.07) is 10.1. The van der Waals surface area contributed by atoms with E-state index in [-0.39, 0.29) is 18.3 Å². The van der Waals surface area contributed by atoms with Crippen molar-refractivity contribution in [2.75, 3.05) is 18.6 Å². The quantitative estimate of drug-likeness (QED) is 0.480. The van der Waals surface area contributed by atoms with Crippen LogP contribution in [0, 0.1) is 27.7 Å². The minimum Gasteiger partial charge on any atom is -0.456 e. The molecule has 0 aliphatic heterocycles. The van der Waals surface area contributed by atoms with Crippen molar-refractivity contribution >= 4 is 29.4 Å². The molecule has 1 N–H and O–H groups in total. The fraction of sp³-hybridized carbons (Fsp3) is 0.375. The molecule has 2 aromatic rings. The van der Waals surface area contributed by atoms with E-state index in [9.17, 15) is 14.4 Å². The van der Waals surface area contributed by atoms with Crippen LogP contribution in [-0.2, 0) is 9.53 Å². The molecule has 0 aliphatic rings. The first-order chi connectivity index (χ1) is 14.2. The number of hydrogen-bond acceptors (Lipinski definition) is 5. The van der Waals surface area contributed by atoms with Gasteiger partial charge < -0.3 is 10.1 Å². The maximum absolute atomic E-state index is 12.6. The number of benzene rings is 2. The molecule has 6 heteroatoms. The summed E-state index contributed by atoms with van der Waals surface area (Å²) >= 11 is 1.57. The Kier molecular flexibility index (Phi) is 8.66. The lowest BCUT2D eigenvalue weighted by atomic mass is 9.98. The number of esters is 1. The van der Waals surface area contributed by atoms with Crippen LogP contribution in [0.15, 0.2) is 36.4 Å². The Morgan fingerprint density at radius 1 is 1.00 bits per heavy atom. The van der Waals surface area contributed by atoms with Crippen LogP contribution < -0.4 is 5.32 Å². The highest BCUT2D eigenvalue weighted by atomic mass is 32.2. The van der Waals surface area contributed by atoms with Crippen LogP contribution >= 0.6 is 11.8 Å². The highest BCUT2D eigenvalue weighted by Crippen LogP contribution is 2.16. The molecule has 1 amide bonds. The van der Waals surface area contributed by atoms with E-state index in [4.69, 9.17) is 4.74 Å². The molecule has 0 fully saturated rings. The summed E-state index contributed by atoms with van der Waals surface area (Å²) in [5, 5.41) is 2.75. The van der Waals surface area contributed by atoms with Crippen LogP contribution in [0.4, 0.5) is 0 Å². The van der Waals surface area contributed by atoms with E-state index in [2.05, 4.69) is 5.32 Å². The first-order valence-corrected chi connectivity index (χ1v) is 11.3. The van der Waals surface area contributed by atoms with E-state index in [0.29, 0.717) is 23.3 Å². The van der Waals surface area contributed by atoms with Crippen molar-refractivity contribution in [3.05, 3.63) is 69.8 Å². The van der Waals surface area contributed by atoms with Gasteiger partial charge in [0.2, 0.25) is 5.78 Å². The number of rotatable bonds is 9. The largest absolute Gasteiger partial charge is 0.456 e. The summed E-state index contributed by atoms with van der Waals surface area (Å²) in [6.07, 6.45) is 2.35. The van der Waals surface area contributed by atoms with E-state index in [1.54, 1.807) is 30.0 Å². The minimum atomic E-state index is -0.806. The maximum Gasteiger partial charge on any atom is 0.329 e. The van der Waals surface area contributed by atoms with Crippen LogP contribution in [0.2, 0.25) is 0 Å². The lowest BCUT2D eigenvalue weighted by Crippen LogP contribution is -2.42. The van der Waals surface area contributed by atoms with Crippen molar-refractivity contribution in [1.82, 2.24) is 5.32 Å². The number of carbonyl (C=O) groups excluding carboxylic acids is 3. The second kappa shape index (κ2) is 11.0. The third-order valence-corrected chi connectivity index (χ3v) is 5.61. The zero-order valence-corrected chi connectivity index (χ0v) is 19.0. The third-order valence-electron chi connectivity index (χ3n) is 4.97. The maximum atomic E-state index is 12.6. The van der Waals surface area contributed by atoms with Gasteiger partial charge in [0, 0.05) is 11.1 Å². The second-order valence-corrected chi connectivity index (χ2v) is 8.44. The fourth-order valence-corrected chi connectivity index (χ4v) is 3.56. The van der Waals surface area contributed by atoms with Crippen LogP contribution in [0.25, 0.3) is 0 Å². The lowest BCUT2D eigenvalue weighted by molar-refractivity contribution is -0.144. The van der Waals surface area contributed by atoms with Gasteiger partial charge in [-0.05, 0) is 81.0 Å². The minimum absolute atomic E-state index is 0.252. The lowest BCUT2D eigenvalue weighted by Gasteiger charge is -2.18. The molecule has 2 rings (SSSR count). The average Bonchev–Trinajstić information content (AvgIpc) is 2.71. The predicted molar refractivity (Wildman–Crippen MR) is 121 cm³/mol. The summed E-state index contributed by atoms with van der Waals surface area (Å²) in [6.45, 7) is 7.35. The molecule has 1 atom stereocenters. The number of thioether (sulfide) groups is 1. The topological polar surface area (TPSA) is 72.5 Å². The van der Waals surface area contributed by atoms with Crippen molar-refractivity contribution in [3.63, 3.8) is 0 Å². The number of hydrogen-bond donors (Lipinski definition) is 1. The molecule has 0 saturated heterocycles. The van der Waals surface area contributed by atoms with E-state index in [0.717, 1.165) is 22.3 Å². The van der Waals surface area contributed by atoms with Crippen LogP contribution in [0.3, 0.4) is 0 Å².